The van der Waals surface area contributed by atoms with Gasteiger partial charge in [-0.2, -0.15) is 10.4 Å². The topological polar surface area (TPSA) is 118 Å². The van der Waals surface area contributed by atoms with Gasteiger partial charge < -0.3 is 20.1 Å². The Labute approximate surface area is 226 Å². The van der Waals surface area contributed by atoms with Crippen molar-refractivity contribution in [2.75, 3.05) is 31.7 Å². The van der Waals surface area contributed by atoms with Crippen molar-refractivity contribution in [3.05, 3.63) is 66.2 Å². The van der Waals surface area contributed by atoms with Crippen LogP contribution in [0.15, 0.2) is 55.1 Å². The lowest BCUT2D eigenvalue weighted by molar-refractivity contribution is -0.00876. The molecule has 3 aliphatic heterocycles. The number of hydrogen-bond donors (Lipinski definition) is 1. The highest BCUT2D eigenvalue weighted by atomic mass is 16.5. The van der Waals surface area contributed by atoms with Crippen molar-refractivity contribution in [2.24, 2.45) is 5.73 Å². The number of methoxy groups -OCH3 is 1. The molecule has 2 atom stereocenters. The fraction of sp³-hybridized carbons (Fsp3) is 0.379. The Morgan fingerprint density at radius 3 is 2.62 bits per heavy atom. The summed E-state index contributed by atoms with van der Waals surface area (Å²) in [5.41, 5.74) is 10.2. The van der Waals surface area contributed by atoms with E-state index in [1.54, 1.807) is 24.0 Å². The number of fused-ring (bicyclic) bond motifs is 3. The molecule has 4 aromatic rings. The largest absolute Gasteiger partial charge is 0.490 e. The third kappa shape index (κ3) is 4.43. The minimum Gasteiger partial charge on any atom is -0.490 e. The Hall–Kier alpha value is -4.20. The lowest BCUT2D eigenvalue weighted by Gasteiger charge is -2.56. The summed E-state index contributed by atoms with van der Waals surface area (Å²) >= 11 is 0. The number of aromatic nitrogens is 4. The van der Waals surface area contributed by atoms with Crippen LogP contribution in [0.25, 0.3) is 16.6 Å². The molecule has 4 aliphatic rings. The predicted molar refractivity (Wildman–Crippen MR) is 146 cm³/mol. The fourth-order valence-electron chi connectivity index (χ4n) is 5.71. The van der Waals surface area contributed by atoms with E-state index in [1.165, 1.54) is 12.0 Å². The van der Waals surface area contributed by atoms with Gasteiger partial charge in [-0.05, 0) is 43.0 Å². The van der Waals surface area contributed by atoms with E-state index < -0.39 is 0 Å². The van der Waals surface area contributed by atoms with Crippen LogP contribution in [-0.2, 0) is 6.54 Å². The Balaban J connectivity index is 1.08. The maximum Gasteiger partial charge on any atom is 0.212 e. The van der Waals surface area contributed by atoms with Gasteiger partial charge in [0.15, 0.2) is 0 Å². The smallest absolute Gasteiger partial charge is 0.212 e. The van der Waals surface area contributed by atoms with Gasteiger partial charge in [0.2, 0.25) is 5.88 Å². The quantitative estimate of drug-likeness (QED) is 0.373. The van der Waals surface area contributed by atoms with E-state index in [1.807, 2.05) is 24.5 Å². The first-order chi connectivity index (χ1) is 19.0. The monoisotopic (exact) mass is 522 g/mol. The van der Waals surface area contributed by atoms with Crippen LogP contribution >= 0.6 is 0 Å². The Morgan fingerprint density at radius 1 is 1.10 bits per heavy atom. The SMILES string of the molecule is COc1ccc(CN2C3CC2CN(c2ccc(-c4cc(OCC5(N)CC5)cn5ncc(C#N)c45)cn2)C3)cn1. The number of nitrogens with two attached hydrogens (primary N) is 1. The molecule has 198 valence electrons. The summed E-state index contributed by atoms with van der Waals surface area (Å²) in [4.78, 5) is 14.1. The second kappa shape index (κ2) is 9.22. The van der Waals surface area contributed by atoms with Crippen molar-refractivity contribution >= 4 is 11.3 Å². The number of piperazine rings is 1. The number of nitriles is 1. The Morgan fingerprint density at radius 2 is 1.95 bits per heavy atom. The molecule has 10 heteroatoms. The number of hydrogen-bond acceptors (Lipinski definition) is 9. The highest BCUT2D eigenvalue weighted by Gasteiger charge is 2.44. The lowest BCUT2D eigenvalue weighted by atomic mass is 9.87. The van der Waals surface area contributed by atoms with Crippen LogP contribution in [0.2, 0.25) is 0 Å². The lowest BCUT2D eigenvalue weighted by Crippen LogP contribution is -2.68. The first-order valence-corrected chi connectivity index (χ1v) is 13.3. The molecule has 3 saturated heterocycles. The van der Waals surface area contributed by atoms with E-state index in [0.29, 0.717) is 35.9 Å². The summed E-state index contributed by atoms with van der Waals surface area (Å²) < 4.78 is 12.9. The van der Waals surface area contributed by atoms with Crippen LogP contribution in [-0.4, -0.2) is 68.9 Å². The highest BCUT2D eigenvalue weighted by Crippen LogP contribution is 2.37. The zero-order valence-corrected chi connectivity index (χ0v) is 21.8. The molecule has 8 rings (SSSR count). The predicted octanol–water partition coefficient (Wildman–Crippen LogP) is 3.00. The molecule has 7 heterocycles. The summed E-state index contributed by atoms with van der Waals surface area (Å²) in [5.74, 6) is 2.28. The molecule has 0 amide bonds. The summed E-state index contributed by atoms with van der Waals surface area (Å²) in [7, 11) is 1.64. The summed E-state index contributed by atoms with van der Waals surface area (Å²) in [6, 6.07) is 13.4. The van der Waals surface area contributed by atoms with E-state index in [-0.39, 0.29) is 5.54 Å². The molecule has 39 heavy (non-hydrogen) atoms. The van der Waals surface area contributed by atoms with Gasteiger partial charge in [0.1, 0.15) is 24.2 Å². The molecule has 0 spiro atoms. The van der Waals surface area contributed by atoms with E-state index in [2.05, 4.69) is 44.2 Å². The molecule has 2 bridgehead atoms. The van der Waals surface area contributed by atoms with Crippen molar-refractivity contribution in [1.29, 1.82) is 5.26 Å². The first-order valence-electron chi connectivity index (χ1n) is 13.3. The maximum absolute atomic E-state index is 9.68. The van der Waals surface area contributed by atoms with Gasteiger partial charge >= 0.3 is 0 Å². The summed E-state index contributed by atoms with van der Waals surface area (Å²) in [5, 5.41) is 14.1. The van der Waals surface area contributed by atoms with Crippen LogP contribution < -0.4 is 20.1 Å². The van der Waals surface area contributed by atoms with Crippen molar-refractivity contribution in [2.45, 2.75) is 43.4 Å². The molecule has 2 unspecified atom stereocenters. The van der Waals surface area contributed by atoms with Crippen molar-refractivity contribution < 1.29 is 9.47 Å². The number of ether oxygens (including phenoxy) is 2. The third-order valence-electron chi connectivity index (χ3n) is 8.22. The average molecular weight is 523 g/mol. The van der Waals surface area contributed by atoms with Gasteiger partial charge in [-0.25, -0.2) is 14.5 Å². The maximum atomic E-state index is 9.68. The summed E-state index contributed by atoms with van der Waals surface area (Å²) in [6.07, 6.45) is 10.3. The molecular formula is C29H30N8O2. The number of nitrogens with zero attached hydrogens (tertiary/aromatic N) is 7. The van der Waals surface area contributed by atoms with Gasteiger partial charge in [0.25, 0.3) is 0 Å². The normalized spacial score (nSPS) is 21.3. The average Bonchev–Trinajstić information content (AvgIpc) is 3.58. The van der Waals surface area contributed by atoms with Gasteiger partial charge in [0.05, 0.1) is 36.1 Å². The zero-order chi connectivity index (χ0) is 26.6. The van der Waals surface area contributed by atoms with Crippen molar-refractivity contribution in [3.63, 3.8) is 0 Å². The molecule has 4 aromatic heterocycles. The highest BCUT2D eigenvalue weighted by molar-refractivity contribution is 5.85. The molecule has 10 nitrogen and oxygen atoms in total. The van der Waals surface area contributed by atoms with Crippen molar-refractivity contribution in [3.8, 4) is 28.8 Å². The van der Waals surface area contributed by atoms with Gasteiger partial charge in [-0.3, -0.25) is 4.90 Å². The second-order valence-corrected chi connectivity index (χ2v) is 10.9. The van der Waals surface area contributed by atoms with E-state index in [4.69, 9.17) is 20.2 Å². The van der Waals surface area contributed by atoms with E-state index >= 15 is 0 Å². The third-order valence-corrected chi connectivity index (χ3v) is 8.22. The minimum absolute atomic E-state index is 0.226. The van der Waals surface area contributed by atoms with Crippen LogP contribution in [0.3, 0.4) is 0 Å². The number of rotatable bonds is 8. The van der Waals surface area contributed by atoms with Crippen LogP contribution in [0.1, 0.15) is 30.4 Å². The van der Waals surface area contributed by atoms with Crippen molar-refractivity contribution in [1.82, 2.24) is 24.5 Å². The zero-order valence-electron chi connectivity index (χ0n) is 21.8. The van der Waals surface area contributed by atoms with Crippen LogP contribution in [0.4, 0.5) is 5.82 Å². The Kier molecular flexibility index (Phi) is 5.65. The van der Waals surface area contributed by atoms with Crippen LogP contribution in [0.5, 0.6) is 11.6 Å². The molecule has 0 radical (unpaired) electrons. The molecule has 0 aromatic carbocycles. The molecule has 4 fully saturated rings. The molecule has 1 aliphatic carbocycles. The first kappa shape index (κ1) is 23.9. The Bertz CT molecular complexity index is 1540. The van der Waals surface area contributed by atoms with Gasteiger partial charge in [0, 0.05) is 61.3 Å². The van der Waals surface area contributed by atoms with Gasteiger partial charge in [-0.1, -0.05) is 6.07 Å². The van der Waals surface area contributed by atoms with E-state index in [9.17, 15) is 5.26 Å². The molecular weight excluding hydrogens is 492 g/mol. The fourth-order valence-corrected chi connectivity index (χ4v) is 5.71. The molecule has 2 N–H and O–H groups in total. The van der Waals surface area contributed by atoms with Crippen LogP contribution in [0, 0.1) is 11.3 Å². The van der Waals surface area contributed by atoms with Gasteiger partial charge in [-0.15, -0.1) is 0 Å². The standard InChI is InChI=1S/C29H30N8O2/c1-38-27-5-2-19(11-33-27)14-36-22-8-23(36)16-35(15-22)26-4-3-20(12-32-26)25-9-24(39-18-29(31)6-7-29)17-37-28(25)21(10-30)13-34-37/h2-5,9,11-13,17,22-23H,6-8,14-16,18,31H2,1H3. The minimum atomic E-state index is -0.226. The summed E-state index contributed by atoms with van der Waals surface area (Å²) in [6.45, 7) is 3.26. The number of piperidine rings is 1. The number of pyridine rings is 3. The second-order valence-electron chi connectivity index (χ2n) is 10.9. The number of anilines is 1. The molecule has 1 saturated carbocycles. The van der Waals surface area contributed by atoms with E-state index in [0.717, 1.165) is 54.9 Å².